The summed E-state index contributed by atoms with van der Waals surface area (Å²) in [5, 5.41) is 18.6. The molecule has 1 unspecified atom stereocenters. The van der Waals surface area contributed by atoms with Gasteiger partial charge in [0, 0.05) is 13.0 Å². The zero-order valence-corrected chi connectivity index (χ0v) is 9.10. The highest BCUT2D eigenvalue weighted by atomic mass is 16.5. The van der Waals surface area contributed by atoms with Gasteiger partial charge >= 0.3 is 0 Å². The summed E-state index contributed by atoms with van der Waals surface area (Å²) in [5.74, 6) is -0.0647. The van der Waals surface area contributed by atoms with Gasteiger partial charge in [0.15, 0.2) is 0 Å². The Morgan fingerprint density at radius 3 is 2.50 bits per heavy atom. The number of methoxy groups -OCH3 is 1. The number of hydrogen-bond acceptors (Lipinski definition) is 3. The Balaban J connectivity index is 4.36. The Labute approximate surface area is 85.7 Å². The summed E-state index contributed by atoms with van der Waals surface area (Å²) in [6.45, 7) is 7.29. The van der Waals surface area contributed by atoms with Crippen LogP contribution in [0.2, 0.25) is 0 Å². The van der Waals surface area contributed by atoms with E-state index < -0.39 is 6.10 Å². The Hall–Kier alpha value is -0.640. The lowest BCUT2D eigenvalue weighted by Gasteiger charge is -2.22. The van der Waals surface area contributed by atoms with Gasteiger partial charge in [0.2, 0.25) is 0 Å². The van der Waals surface area contributed by atoms with Crippen molar-refractivity contribution in [3.8, 4) is 0 Å². The van der Waals surface area contributed by atoms with Gasteiger partial charge in [-0.1, -0.05) is 24.6 Å². The van der Waals surface area contributed by atoms with Gasteiger partial charge in [0.1, 0.15) is 6.10 Å². The smallest absolute Gasteiger partial charge is 0.101 e. The quantitative estimate of drug-likeness (QED) is 0.632. The molecule has 3 heteroatoms. The molecule has 0 aromatic rings. The van der Waals surface area contributed by atoms with E-state index in [1.807, 2.05) is 19.9 Å². The summed E-state index contributed by atoms with van der Waals surface area (Å²) in [6, 6.07) is 0. The van der Waals surface area contributed by atoms with Gasteiger partial charge in [-0.05, 0) is 6.92 Å². The molecule has 0 aliphatic heterocycles. The minimum atomic E-state index is -0.626. The van der Waals surface area contributed by atoms with Gasteiger partial charge in [-0.25, -0.2) is 0 Å². The van der Waals surface area contributed by atoms with Crippen molar-refractivity contribution in [3.05, 3.63) is 24.3 Å². The van der Waals surface area contributed by atoms with E-state index in [4.69, 9.17) is 9.84 Å². The number of aliphatic hydroxyl groups excluding tert-OH is 2. The molecule has 0 spiro atoms. The molecule has 0 rings (SSSR count). The third-order valence-corrected chi connectivity index (χ3v) is 2.18. The van der Waals surface area contributed by atoms with Crippen molar-refractivity contribution >= 4 is 0 Å². The first-order valence-corrected chi connectivity index (χ1v) is 4.68. The molecule has 0 radical (unpaired) electrons. The first kappa shape index (κ1) is 13.4. The maximum absolute atomic E-state index is 9.80. The van der Waals surface area contributed by atoms with E-state index in [0.717, 1.165) is 5.57 Å². The number of hydrogen-bond donors (Lipinski definition) is 2. The molecule has 0 bridgehead atoms. The van der Waals surface area contributed by atoms with Gasteiger partial charge in [0.05, 0.1) is 12.7 Å². The molecule has 0 fully saturated rings. The van der Waals surface area contributed by atoms with E-state index in [-0.39, 0.29) is 18.6 Å². The molecule has 0 amide bonds. The van der Waals surface area contributed by atoms with E-state index in [1.165, 1.54) is 7.11 Å². The molecule has 3 nitrogen and oxygen atoms in total. The molecule has 0 saturated heterocycles. The van der Waals surface area contributed by atoms with E-state index in [2.05, 4.69) is 6.58 Å². The Bertz CT molecular complexity index is 199. The molecule has 2 N–H and O–H groups in total. The fourth-order valence-electron chi connectivity index (χ4n) is 1.27. The van der Waals surface area contributed by atoms with E-state index in [0.29, 0.717) is 0 Å². The first-order chi connectivity index (χ1) is 6.56. The molecule has 0 aliphatic carbocycles. The van der Waals surface area contributed by atoms with Gasteiger partial charge in [0.25, 0.3) is 0 Å². The highest BCUT2D eigenvalue weighted by Crippen LogP contribution is 2.13. The van der Waals surface area contributed by atoms with Crippen molar-refractivity contribution in [2.24, 2.45) is 5.92 Å². The minimum absolute atomic E-state index is 0.0167. The molecular formula is C11H20O3. The lowest BCUT2D eigenvalue weighted by Crippen LogP contribution is -2.31. The number of rotatable bonds is 6. The van der Waals surface area contributed by atoms with Crippen LogP contribution >= 0.6 is 0 Å². The van der Waals surface area contributed by atoms with Crippen LogP contribution < -0.4 is 0 Å². The molecule has 82 valence electrons. The molecule has 0 aliphatic rings. The molecular weight excluding hydrogens is 180 g/mol. The SMILES string of the molecule is C=CC(OC)[C@@H](O)[C@H](C)/C=C(/C)CO. The van der Waals surface area contributed by atoms with E-state index in [9.17, 15) is 5.11 Å². The molecule has 0 aromatic carbocycles. The van der Waals surface area contributed by atoms with Crippen LogP contribution in [0.3, 0.4) is 0 Å². The average molecular weight is 200 g/mol. The van der Waals surface area contributed by atoms with Crippen LogP contribution in [-0.4, -0.2) is 36.1 Å². The zero-order valence-electron chi connectivity index (χ0n) is 9.10. The molecule has 0 heterocycles. The summed E-state index contributed by atoms with van der Waals surface area (Å²) < 4.78 is 5.04. The second kappa shape index (κ2) is 6.76. The maximum atomic E-state index is 9.80. The van der Waals surface area contributed by atoms with E-state index >= 15 is 0 Å². The number of ether oxygens (including phenoxy) is 1. The van der Waals surface area contributed by atoms with Crippen molar-refractivity contribution in [2.75, 3.05) is 13.7 Å². The van der Waals surface area contributed by atoms with Crippen molar-refractivity contribution in [2.45, 2.75) is 26.1 Å². The highest BCUT2D eigenvalue weighted by Gasteiger charge is 2.20. The van der Waals surface area contributed by atoms with Crippen LogP contribution in [0, 0.1) is 5.92 Å². The van der Waals surface area contributed by atoms with Crippen LogP contribution in [0.1, 0.15) is 13.8 Å². The lowest BCUT2D eigenvalue weighted by atomic mass is 9.97. The normalized spacial score (nSPS) is 18.8. The predicted octanol–water partition coefficient (Wildman–Crippen LogP) is 1.12. The third kappa shape index (κ3) is 4.05. The molecule has 0 saturated carbocycles. The summed E-state index contributed by atoms with van der Waals surface area (Å²) in [6.07, 6.45) is 2.41. The maximum Gasteiger partial charge on any atom is 0.101 e. The van der Waals surface area contributed by atoms with Gasteiger partial charge in [-0.2, -0.15) is 0 Å². The molecule has 3 atom stereocenters. The second-order valence-corrected chi connectivity index (χ2v) is 3.46. The Morgan fingerprint density at radius 1 is 1.57 bits per heavy atom. The van der Waals surface area contributed by atoms with Crippen LogP contribution in [0.5, 0.6) is 0 Å². The highest BCUT2D eigenvalue weighted by molar-refractivity contribution is 5.04. The Kier molecular flexibility index (Phi) is 6.45. The lowest BCUT2D eigenvalue weighted by molar-refractivity contribution is -0.00161. The number of aliphatic hydroxyl groups is 2. The second-order valence-electron chi connectivity index (χ2n) is 3.46. The summed E-state index contributed by atoms with van der Waals surface area (Å²) in [7, 11) is 1.53. The van der Waals surface area contributed by atoms with E-state index in [1.54, 1.807) is 6.08 Å². The van der Waals surface area contributed by atoms with Crippen molar-refractivity contribution < 1.29 is 14.9 Å². The zero-order chi connectivity index (χ0) is 11.1. The minimum Gasteiger partial charge on any atom is -0.392 e. The van der Waals surface area contributed by atoms with Gasteiger partial charge in [-0.15, -0.1) is 6.58 Å². The third-order valence-electron chi connectivity index (χ3n) is 2.18. The predicted molar refractivity (Wildman–Crippen MR) is 57.0 cm³/mol. The van der Waals surface area contributed by atoms with Crippen molar-refractivity contribution in [3.63, 3.8) is 0 Å². The van der Waals surface area contributed by atoms with Gasteiger partial charge in [-0.3, -0.25) is 0 Å². The monoisotopic (exact) mass is 200 g/mol. The van der Waals surface area contributed by atoms with Crippen molar-refractivity contribution in [1.29, 1.82) is 0 Å². The average Bonchev–Trinajstić information content (AvgIpc) is 2.19. The summed E-state index contributed by atoms with van der Waals surface area (Å²) in [4.78, 5) is 0. The van der Waals surface area contributed by atoms with Crippen molar-refractivity contribution in [1.82, 2.24) is 0 Å². The standard InChI is InChI=1S/C11H20O3/c1-5-10(14-4)11(13)9(3)6-8(2)7-12/h5-6,9-13H,1,7H2,2-4H3/b8-6-/t9-,10?,11+/m1/s1. The first-order valence-electron chi connectivity index (χ1n) is 4.68. The van der Waals surface area contributed by atoms with Crippen LogP contribution in [0.25, 0.3) is 0 Å². The molecule has 0 aromatic heterocycles. The van der Waals surface area contributed by atoms with Crippen LogP contribution in [-0.2, 0) is 4.74 Å². The van der Waals surface area contributed by atoms with Crippen LogP contribution in [0.15, 0.2) is 24.3 Å². The topological polar surface area (TPSA) is 49.7 Å². The summed E-state index contributed by atoms with van der Waals surface area (Å²) in [5.41, 5.74) is 0.843. The van der Waals surface area contributed by atoms with Crippen LogP contribution in [0.4, 0.5) is 0 Å². The fraction of sp³-hybridized carbons (Fsp3) is 0.636. The largest absolute Gasteiger partial charge is 0.392 e. The fourth-order valence-corrected chi connectivity index (χ4v) is 1.27. The van der Waals surface area contributed by atoms with Gasteiger partial charge < -0.3 is 14.9 Å². The summed E-state index contributed by atoms with van der Waals surface area (Å²) >= 11 is 0. The molecule has 14 heavy (non-hydrogen) atoms. The Morgan fingerprint density at radius 2 is 2.14 bits per heavy atom.